The Morgan fingerprint density at radius 3 is 2.00 bits per heavy atom. The van der Waals surface area contributed by atoms with Crippen molar-refractivity contribution in [3.05, 3.63) is 99.5 Å². The summed E-state index contributed by atoms with van der Waals surface area (Å²) in [6.45, 7) is 8.28. The lowest BCUT2D eigenvalue weighted by atomic mass is 10.0. The minimum Gasteiger partial charge on any atom is -0.480 e. The van der Waals surface area contributed by atoms with Gasteiger partial charge in [0, 0.05) is 47.7 Å². The molecule has 21 heteroatoms. The van der Waals surface area contributed by atoms with Crippen LogP contribution in [0.15, 0.2) is 42.5 Å². The average molecular weight is 805 g/mol. The molecule has 0 amide bonds. The van der Waals surface area contributed by atoms with Gasteiger partial charge in [-0.05, 0) is 62.9 Å². The number of halogens is 2. The summed E-state index contributed by atoms with van der Waals surface area (Å²) < 4.78 is 20.7. The summed E-state index contributed by atoms with van der Waals surface area (Å²) in [4.78, 5) is 62.1. The number of nitrogens with two attached hydrogens (primary N) is 1. The number of carbonyl (C=O) groups excluding carboxylic acids is 1. The van der Waals surface area contributed by atoms with Gasteiger partial charge in [-0.25, -0.2) is 4.79 Å². The van der Waals surface area contributed by atoms with Crippen molar-refractivity contribution in [3.8, 4) is 11.5 Å². The number of hydrogen-bond donors (Lipinski definition) is 4. The van der Waals surface area contributed by atoms with Gasteiger partial charge in [0.1, 0.15) is 23.1 Å². The lowest BCUT2D eigenvalue weighted by molar-refractivity contribution is -0.392. The number of anilines is 1. The quantitative estimate of drug-likeness (QED) is 0.0522. The lowest BCUT2D eigenvalue weighted by Gasteiger charge is -2.17. The molecular formula is C32H40Cl2N5O13P. The van der Waals surface area contributed by atoms with E-state index in [0.717, 1.165) is 26.0 Å². The number of methoxy groups -OCH3 is 1. The third kappa shape index (κ3) is 14.6. The van der Waals surface area contributed by atoms with Crippen LogP contribution in [0.1, 0.15) is 54.6 Å². The molecule has 3 rings (SSSR count). The highest BCUT2D eigenvalue weighted by atomic mass is 35.5. The number of nitro benzene ring substituents is 3. The molecule has 0 saturated heterocycles. The summed E-state index contributed by atoms with van der Waals surface area (Å²) in [5.41, 5.74) is 5.06. The van der Waals surface area contributed by atoms with Gasteiger partial charge in [-0.1, -0.05) is 37.0 Å². The van der Waals surface area contributed by atoms with E-state index in [0.29, 0.717) is 21.9 Å². The number of ether oxygens (including phenoxy) is 2. The first kappa shape index (κ1) is 46.2. The second kappa shape index (κ2) is 21.0. The molecule has 0 aliphatic carbocycles. The number of nitro groups is 3. The molecule has 3 aromatic rings. The van der Waals surface area contributed by atoms with Gasteiger partial charge in [0.15, 0.2) is 13.1 Å². The van der Waals surface area contributed by atoms with E-state index in [-0.39, 0.29) is 57.7 Å². The normalized spacial score (nSPS) is 12.1. The fourth-order valence-corrected chi connectivity index (χ4v) is 5.50. The maximum atomic E-state index is 11.6. The summed E-state index contributed by atoms with van der Waals surface area (Å²) in [6.07, 6.45) is 1.47. The molecule has 0 saturated carbocycles. The number of nitrogens with zero attached hydrogens (tertiary/aromatic N) is 3. The molecule has 2 atom stereocenters. The van der Waals surface area contributed by atoms with Gasteiger partial charge in [-0.2, -0.15) is 0 Å². The topological polar surface area (TPSA) is 278 Å². The first-order valence-electron chi connectivity index (χ1n) is 15.5. The van der Waals surface area contributed by atoms with Crippen molar-refractivity contribution in [2.75, 3.05) is 25.3 Å². The van der Waals surface area contributed by atoms with Crippen molar-refractivity contribution in [2.24, 2.45) is 5.73 Å². The maximum Gasteiger partial charge on any atom is 0.345 e. The van der Waals surface area contributed by atoms with Gasteiger partial charge < -0.3 is 30.5 Å². The van der Waals surface area contributed by atoms with Crippen LogP contribution in [0.25, 0.3) is 0 Å². The Labute approximate surface area is 314 Å². The molecule has 0 heterocycles. The summed E-state index contributed by atoms with van der Waals surface area (Å²) >= 11 is 11.8. The third-order valence-electron chi connectivity index (χ3n) is 7.37. The van der Waals surface area contributed by atoms with Crippen LogP contribution in [0, 0.1) is 44.2 Å². The Morgan fingerprint density at radius 2 is 1.55 bits per heavy atom. The van der Waals surface area contributed by atoms with E-state index in [2.05, 4.69) is 10.1 Å². The number of esters is 1. The van der Waals surface area contributed by atoms with Crippen LogP contribution in [0.2, 0.25) is 10.0 Å². The maximum absolute atomic E-state index is 11.6. The first-order valence-corrected chi connectivity index (χ1v) is 18.6. The zero-order valence-electron chi connectivity index (χ0n) is 29.5. The number of hydrogen-bond acceptors (Lipinski definition) is 13. The number of carbonyl (C=O) groups is 2. The fraction of sp³-hybridized carbons (Fsp3) is 0.375. The van der Waals surface area contributed by atoms with E-state index in [4.69, 9.17) is 43.7 Å². The van der Waals surface area contributed by atoms with Crippen molar-refractivity contribution in [1.29, 1.82) is 0 Å². The summed E-state index contributed by atoms with van der Waals surface area (Å²) in [5, 5.41) is 45.3. The number of carboxylic acids is 1. The monoisotopic (exact) mass is 803 g/mol. The van der Waals surface area contributed by atoms with Gasteiger partial charge in [0.2, 0.25) is 0 Å². The van der Waals surface area contributed by atoms with E-state index in [9.17, 15) is 44.5 Å². The van der Waals surface area contributed by atoms with Crippen LogP contribution < -0.4 is 15.8 Å². The van der Waals surface area contributed by atoms with Crippen LogP contribution in [0.3, 0.4) is 0 Å². The minimum atomic E-state index is -3.10. The van der Waals surface area contributed by atoms with Gasteiger partial charge in [0.05, 0.1) is 26.9 Å². The molecule has 0 aliphatic heterocycles. The van der Waals surface area contributed by atoms with Gasteiger partial charge >= 0.3 is 17.6 Å². The van der Waals surface area contributed by atoms with Crippen LogP contribution >= 0.6 is 30.6 Å². The SMILES string of the molecule is CCC(CC)Nc1c([N+](=O)[O-])cc(C)c(C)c1[N+](=O)[O-].COC(=O)c1cc(Oc2ccc(Cl)cc2Cl)ccc1[N+](=O)[O-].CP(=O)(O)CCC(N)C(=O)O. The summed E-state index contributed by atoms with van der Waals surface area (Å²) in [5.74, 6) is -1.47. The molecule has 53 heavy (non-hydrogen) atoms. The van der Waals surface area contributed by atoms with Gasteiger partial charge in [0.25, 0.3) is 11.4 Å². The molecule has 0 radical (unpaired) electrons. The van der Waals surface area contributed by atoms with Crippen LogP contribution in [0.4, 0.5) is 22.7 Å². The second-order valence-electron chi connectivity index (χ2n) is 11.3. The predicted octanol–water partition coefficient (Wildman–Crippen LogP) is 7.89. The molecule has 0 spiro atoms. The molecule has 0 aliphatic rings. The van der Waals surface area contributed by atoms with Crippen molar-refractivity contribution in [2.45, 2.75) is 59.0 Å². The highest BCUT2D eigenvalue weighted by Crippen LogP contribution is 2.40. The molecule has 18 nitrogen and oxygen atoms in total. The lowest BCUT2D eigenvalue weighted by Crippen LogP contribution is -2.30. The van der Waals surface area contributed by atoms with Crippen LogP contribution in [0.5, 0.6) is 11.5 Å². The molecule has 0 fully saturated rings. The predicted molar refractivity (Wildman–Crippen MR) is 199 cm³/mol. The Balaban J connectivity index is 0.000000420. The number of aryl methyl sites for hydroxylation is 1. The minimum absolute atomic E-state index is 0.0109. The second-order valence-corrected chi connectivity index (χ2v) is 14.7. The average Bonchev–Trinajstić information content (AvgIpc) is 3.08. The van der Waals surface area contributed by atoms with E-state index in [1.165, 1.54) is 30.9 Å². The number of carboxylic acid groups (broad SMARTS) is 1. The smallest absolute Gasteiger partial charge is 0.345 e. The van der Waals surface area contributed by atoms with Crippen molar-refractivity contribution in [1.82, 2.24) is 0 Å². The van der Waals surface area contributed by atoms with Crippen LogP contribution in [-0.2, 0) is 14.1 Å². The van der Waals surface area contributed by atoms with Crippen molar-refractivity contribution in [3.63, 3.8) is 0 Å². The van der Waals surface area contributed by atoms with E-state index < -0.39 is 40.1 Å². The van der Waals surface area contributed by atoms with Gasteiger partial charge in [-0.15, -0.1) is 0 Å². The van der Waals surface area contributed by atoms with E-state index in [1.807, 2.05) is 13.8 Å². The van der Waals surface area contributed by atoms with Crippen LogP contribution in [-0.4, -0.2) is 68.7 Å². The molecule has 2 unspecified atom stereocenters. The number of nitrogens with one attached hydrogen (secondary N) is 1. The van der Waals surface area contributed by atoms with Gasteiger partial charge in [-0.3, -0.25) is 39.7 Å². The molecule has 0 aromatic heterocycles. The molecular weight excluding hydrogens is 764 g/mol. The largest absolute Gasteiger partial charge is 0.480 e. The highest BCUT2D eigenvalue weighted by molar-refractivity contribution is 7.57. The molecule has 290 valence electrons. The third-order valence-corrected chi connectivity index (χ3v) is 8.99. The molecule has 0 bridgehead atoms. The van der Waals surface area contributed by atoms with E-state index in [1.54, 1.807) is 26.0 Å². The standard InChI is InChI=1S/C14H9Cl2NO5.C13H19N3O4.C5H12NO4P/c1-21-14(18)10-7-9(3-4-12(10)17(19)20)22-13-5-2-8(15)6-11(13)16;1-5-10(6-2)14-12-11(15(17)18)7-8(3)9(4)13(12)16(19)20;1-11(9,10)3-2-4(6)5(7)8/h2-7H,1H3;7,10,14H,5-6H2,1-4H3;4H,2-3,6H2,1H3,(H,7,8)(H,9,10). The zero-order chi connectivity index (χ0) is 40.8. The Morgan fingerprint density at radius 1 is 0.962 bits per heavy atom. The number of rotatable bonds is 14. The van der Waals surface area contributed by atoms with Crippen molar-refractivity contribution >= 4 is 65.3 Å². The Bertz CT molecular complexity index is 1870. The Kier molecular flexibility index (Phi) is 18.3. The first-order chi connectivity index (χ1) is 24.6. The summed E-state index contributed by atoms with van der Waals surface area (Å²) in [6, 6.07) is 8.66. The molecule has 5 N–H and O–H groups in total. The number of benzene rings is 3. The summed E-state index contributed by atoms with van der Waals surface area (Å²) in [7, 11) is -1.97. The number of aliphatic carboxylic acids is 1. The highest BCUT2D eigenvalue weighted by Gasteiger charge is 2.30. The molecule has 3 aromatic carbocycles. The van der Waals surface area contributed by atoms with Crippen molar-refractivity contribution < 1.29 is 48.4 Å². The fourth-order valence-electron chi connectivity index (χ4n) is 4.29. The Hall–Kier alpha value is -4.87. The zero-order valence-corrected chi connectivity index (χ0v) is 31.9. The van der Waals surface area contributed by atoms with E-state index >= 15 is 0 Å².